The summed E-state index contributed by atoms with van der Waals surface area (Å²) < 4.78 is 41.4. The maximum absolute atomic E-state index is 11.0. The van der Waals surface area contributed by atoms with Crippen molar-refractivity contribution in [3.8, 4) is 0 Å². The van der Waals surface area contributed by atoms with Gasteiger partial charge < -0.3 is 124 Å². The molecule has 22 N–H and O–H groups in total. The molecule has 372 valence electrons. The number of nitrogens with two attached hydrogens (primary N) is 7. The second-order valence-corrected chi connectivity index (χ2v) is 18.0. The van der Waals surface area contributed by atoms with Gasteiger partial charge in [0.25, 0.3) is 0 Å². The van der Waals surface area contributed by atoms with Crippen LogP contribution in [-0.4, -0.2) is 259 Å². The van der Waals surface area contributed by atoms with E-state index in [0.29, 0.717) is 32.7 Å². The van der Waals surface area contributed by atoms with E-state index in [9.17, 15) is 40.9 Å². The number of rotatable bonds is 24. The zero-order valence-electron chi connectivity index (χ0n) is 37.0. The lowest BCUT2D eigenvalue weighted by Crippen LogP contribution is -2.68. The molecule has 2 saturated carbocycles. The Morgan fingerprint density at radius 3 is 1.52 bits per heavy atom. The molecule has 0 spiro atoms. The number of unbranched alkanes of at least 4 members (excludes halogenated alkanes) is 1. The van der Waals surface area contributed by atoms with Crippen LogP contribution in [0.5, 0.6) is 0 Å². The standard InChI is InChI=1S/C39H81N9O15/c1-18-10-22(43)34(62-38-26(45)32(55)30(53)24(12-40)60-38)36(28(18)51)58-16-20(50)15-48(3)7-9-57-8-5-4-6-47(2)14-19(49)17-59-37-29(52)21(42)11-23(44)35(37)63-39-27(46)33(56)31(54)25(13-41)61-39/h18-39,49-56H,4-17,40-46H2,1-3H3/t18?,19-,20-,21?,22?,23?,24?,25?,26?,27?,28?,29?,30?,31?,32?,33?,34?,35?,36?,37?,38?,39?/m1/s1. The highest BCUT2D eigenvalue weighted by Gasteiger charge is 2.50. The topological polar surface area (TPSA) is 415 Å². The smallest absolute Gasteiger partial charge is 0.176 e. The number of nitrogens with zero attached hydrogens (tertiary/aromatic N) is 2. The predicted molar refractivity (Wildman–Crippen MR) is 226 cm³/mol. The Labute approximate surface area is 370 Å². The summed E-state index contributed by atoms with van der Waals surface area (Å²) >= 11 is 0. The van der Waals surface area contributed by atoms with Gasteiger partial charge >= 0.3 is 0 Å². The van der Waals surface area contributed by atoms with Crippen molar-refractivity contribution >= 4 is 0 Å². The van der Waals surface area contributed by atoms with Crippen LogP contribution in [0.1, 0.15) is 32.6 Å². The second kappa shape index (κ2) is 26.0. The number of hydrogen-bond acceptors (Lipinski definition) is 24. The monoisotopic (exact) mass is 916 g/mol. The van der Waals surface area contributed by atoms with E-state index in [0.717, 1.165) is 12.8 Å². The number of hydrogen-bond donors (Lipinski definition) is 15. The lowest BCUT2D eigenvalue weighted by atomic mass is 9.80. The minimum atomic E-state index is -1.37. The molecule has 0 bridgehead atoms. The Kier molecular flexibility index (Phi) is 22.5. The Morgan fingerprint density at radius 2 is 1.03 bits per heavy atom. The van der Waals surface area contributed by atoms with Crippen molar-refractivity contribution in [1.29, 1.82) is 0 Å². The largest absolute Gasteiger partial charge is 0.390 e. The minimum Gasteiger partial charge on any atom is -0.390 e. The fourth-order valence-corrected chi connectivity index (χ4v) is 8.69. The molecule has 24 nitrogen and oxygen atoms in total. The molecule has 20 unspecified atom stereocenters. The van der Waals surface area contributed by atoms with Crippen molar-refractivity contribution < 1.29 is 74.0 Å². The first-order chi connectivity index (χ1) is 29.8. The maximum Gasteiger partial charge on any atom is 0.176 e. The van der Waals surface area contributed by atoms with E-state index in [1.165, 1.54) is 0 Å². The van der Waals surface area contributed by atoms with E-state index < -0.39 is 128 Å². The van der Waals surface area contributed by atoms with E-state index in [-0.39, 0.29) is 51.7 Å². The lowest BCUT2D eigenvalue weighted by molar-refractivity contribution is -0.293. The fraction of sp³-hybridized carbons (Fsp3) is 1.00. The first kappa shape index (κ1) is 54.6. The van der Waals surface area contributed by atoms with Crippen molar-refractivity contribution in [3.63, 3.8) is 0 Å². The van der Waals surface area contributed by atoms with Crippen molar-refractivity contribution in [2.24, 2.45) is 46.1 Å². The second-order valence-electron chi connectivity index (χ2n) is 18.0. The zero-order valence-corrected chi connectivity index (χ0v) is 37.0. The summed E-state index contributed by atoms with van der Waals surface area (Å²) in [6, 6.07) is -4.21. The number of likely N-dealkylation sites (N-methyl/N-ethyl adjacent to an activating group) is 2. The highest BCUT2D eigenvalue weighted by Crippen LogP contribution is 2.32. The number of ether oxygens (including phenoxy) is 7. The third kappa shape index (κ3) is 15.0. The third-order valence-corrected chi connectivity index (χ3v) is 12.6. The molecule has 24 heteroatoms. The Bertz CT molecular complexity index is 1200. The third-order valence-electron chi connectivity index (χ3n) is 12.6. The van der Waals surface area contributed by atoms with Gasteiger partial charge in [-0.05, 0) is 52.2 Å². The van der Waals surface area contributed by atoms with Crippen LogP contribution in [0.2, 0.25) is 0 Å². The number of aliphatic hydroxyl groups is 8. The van der Waals surface area contributed by atoms with Crippen LogP contribution in [0.15, 0.2) is 0 Å². The van der Waals surface area contributed by atoms with E-state index in [1.54, 1.807) is 0 Å². The average molecular weight is 916 g/mol. The summed E-state index contributed by atoms with van der Waals surface area (Å²) in [4.78, 5) is 3.84. The highest BCUT2D eigenvalue weighted by atomic mass is 16.7. The Hall–Kier alpha value is -0.960. The van der Waals surface area contributed by atoms with Gasteiger partial charge in [-0.2, -0.15) is 0 Å². The molecule has 2 heterocycles. The average Bonchev–Trinajstić information content (AvgIpc) is 3.23. The van der Waals surface area contributed by atoms with Crippen LogP contribution in [0.3, 0.4) is 0 Å². The van der Waals surface area contributed by atoms with Gasteiger partial charge in [0.15, 0.2) is 12.6 Å². The van der Waals surface area contributed by atoms with Gasteiger partial charge in [-0.25, -0.2) is 0 Å². The van der Waals surface area contributed by atoms with Gasteiger partial charge in [-0.3, -0.25) is 0 Å². The predicted octanol–water partition coefficient (Wildman–Crippen LogP) is -8.48. The molecule has 4 fully saturated rings. The normalized spacial score (nSPS) is 42.5. The molecule has 4 aliphatic rings. The van der Waals surface area contributed by atoms with Crippen LogP contribution in [-0.2, 0) is 33.2 Å². The van der Waals surface area contributed by atoms with Crippen LogP contribution in [0.25, 0.3) is 0 Å². The van der Waals surface area contributed by atoms with Gasteiger partial charge in [0.2, 0.25) is 0 Å². The zero-order chi connectivity index (χ0) is 46.7. The highest BCUT2D eigenvalue weighted by molar-refractivity contribution is 5.01. The summed E-state index contributed by atoms with van der Waals surface area (Å²) in [5.74, 6) is -0.221. The fourth-order valence-electron chi connectivity index (χ4n) is 8.69. The van der Waals surface area contributed by atoms with Gasteiger partial charge in [0, 0.05) is 57.5 Å². The molecule has 0 amide bonds. The summed E-state index contributed by atoms with van der Waals surface area (Å²) in [5.41, 5.74) is 42.5. The maximum atomic E-state index is 11.0. The Morgan fingerprint density at radius 1 is 0.571 bits per heavy atom. The van der Waals surface area contributed by atoms with Gasteiger partial charge in [-0.15, -0.1) is 0 Å². The quantitative estimate of drug-likeness (QED) is 0.0400. The molecular formula is C39H81N9O15. The molecule has 22 atom stereocenters. The molecule has 2 saturated heterocycles. The molecular weight excluding hydrogens is 834 g/mol. The molecule has 63 heavy (non-hydrogen) atoms. The minimum absolute atomic E-state index is 0.0797. The number of aliphatic hydroxyl groups excluding tert-OH is 8. The molecule has 0 radical (unpaired) electrons. The molecule has 4 rings (SSSR count). The molecule has 2 aliphatic heterocycles. The molecule has 2 aliphatic carbocycles. The Balaban J connectivity index is 1.11. The van der Waals surface area contributed by atoms with E-state index in [1.807, 2.05) is 30.8 Å². The summed E-state index contributed by atoms with van der Waals surface area (Å²) in [6.45, 7) is 4.05. The summed E-state index contributed by atoms with van der Waals surface area (Å²) in [6.07, 6.45) is -15.1. The van der Waals surface area contributed by atoms with Crippen molar-refractivity contribution in [2.75, 3.05) is 79.8 Å². The van der Waals surface area contributed by atoms with Crippen molar-refractivity contribution in [1.82, 2.24) is 9.80 Å². The summed E-state index contributed by atoms with van der Waals surface area (Å²) in [7, 11) is 3.70. The van der Waals surface area contributed by atoms with Crippen LogP contribution in [0.4, 0.5) is 0 Å². The van der Waals surface area contributed by atoms with Gasteiger partial charge in [0.05, 0.1) is 56.3 Å². The first-order valence-electron chi connectivity index (χ1n) is 22.2. The molecule has 0 aromatic rings. The van der Waals surface area contributed by atoms with Crippen molar-refractivity contribution in [3.05, 3.63) is 0 Å². The molecule has 0 aromatic heterocycles. The van der Waals surface area contributed by atoms with Crippen LogP contribution < -0.4 is 40.1 Å². The van der Waals surface area contributed by atoms with E-state index >= 15 is 0 Å². The van der Waals surface area contributed by atoms with Crippen LogP contribution >= 0.6 is 0 Å². The first-order valence-corrected chi connectivity index (χ1v) is 22.2. The van der Waals surface area contributed by atoms with E-state index in [4.69, 9.17) is 73.3 Å². The molecule has 0 aromatic carbocycles. The van der Waals surface area contributed by atoms with Gasteiger partial charge in [0.1, 0.15) is 61.0 Å². The SMILES string of the molecule is CC1CC(N)C(OC2OC(CN)C(O)C(O)C2N)C(OC[C@H](O)CN(C)CCOCCCCN(C)C[C@@H](O)COC2C(O)C(N)CC(N)C2OC2OC(CN)C(O)C(O)C2N)C1O. The lowest BCUT2D eigenvalue weighted by Gasteiger charge is -2.47. The van der Waals surface area contributed by atoms with Crippen molar-refractivity contribution in [2.45, 2.75) is 161 Å². The summed E-state index contributed by atoms with van der Waals surface area (Å²) in [5, 5.41) is 84.9. The van der Waals surface area contributed by atoms with E-state index in [2.05, 4.69) is 0 Å². The van der Waals surface area contributed by atoms with Gasteiger partial charge in [-0.1, -0.05) is 6.92 Å². The van der Waals surface area contributed by atoms with Crippen LogP contribution in [0, 0.1) is 5.92 Å².